The number of Topliss-reactive ketones (excluding diaryl/α,β-unsaturated/α-hetero) is 1. The van der Waals surface area contributed by atoms with Gasteiger partial charge in [-0.05, 0) is 63.6 Å². The first-order valence-corrected chi connectivity index (χ1v) is 10.7. The summed E-state index contributed by atoms with van der Waals surface area (Å²) in [6, 6.07) is 8.74. The lowest BCUT2D eigenvalue weighted by Gasteiger charge is -2.33. The van der Waals surface area contributed by atoms with E-state index in [1.165, 1.54) is 11.1 Å². The predicted octanol–water partition coefficient (Wildman–Crippen LogP) is 3.09. The molecule has 3 fully saturated rings. The number of hydrogen-bond acceptors (Lipinski definition) is 4. The topological polar surface area (TPSA) is 66.8 Å². The molecular formula is C23H31NO4. The molecule has 3 saturated heterocycles. The lowest BCUT2D eigenvalue weighted by atomic mass is 9.74. The number of carbonyl (C=O) groups excluding carboxylic acids is 1. The first-order chi connectivity index (χ1) is 13.5. The van der Waals surface area contributed by atoms with E-state index in [0.717, 1.165) is 51.7 Å². The van der Waals surface area contributed by atoms with Crippen LogP contribution in [0.4, 0.5) is 0 Å². The number of piperidine rings is 1. The number of ketones is 1. The molecule has 0 amide bonds. The van der Waals surface area contributed by atoms with Crippen LogP contribution in [0, 0.1) is 24.7 Å². The van der Waals surface area contributed by atoms with E-state index in [9.17, 15) is 14.7 Å². The van der Waals surface area contributed by atoms with Crippen LogP contribution >= 0.6 is 0 Å². The largest absolute Gasteiger partial charge is 0.481 e. The van der Waals surface area contributed by atoms with Crippen molar-refractivity contribution in [1.82, 2.24) is 4.90 Å². The molecule has 0 radical (unpaired) electrons. The SMILES string of the molecule is Cc1ccc(CCN2CCC(CC(=O)C3C4CCC(O4)C3C(=O)O)CC2)cc1. The minimum absolute atomic E-state index is 0.123. The molecule has 3 aliphatic rings. The summed E-state index contributed by atoms with van der Waals surface area (Å²) < 4.78 is 5.76. The van der Waals surface area contributed by atoms with Crippen LogP contribution in [0.3, 0.4) is 0 Å². The number of carbonyl (C=O) groups is 2. The minimum Gasteiger partial charge on any atom is -0.481 e. The Morgan fingerprint density at radius 2 is 1.68 bits per heavy atom. The molecule has 0 saturated carbocycles. The van der Waals surface area contributed by atoms with Crippen molar-refractivity contribution in [3.63, 3.8) is 0 Å². The smallest absolute Gasteiger partial charge is 0.309 e. The zero-order valence-corrected chi connectivity index (χ0v) is 16.7. The lowest BCUT2D eigenvalue weighted by molar-refractivity contribution is -0.147. The molecule has 1 aromatic rings. The number of benzene rings is 1. The van der Waals surface area contributed by atoms with Crippen LogP contribution in [0.2, 0.25) is 0 Å². The van der Waals surface area contributed by atoms with Gasteiger partial charge < -0.3 is 14.7 Å². The zero-order valence-electron chi connectivity index (χ0n) is 16.7. The summed E-state index contributed by atoms with van der Waals surface area (Å²) >= 11 is 0. The van der Waals surface area contributed by atoms with Crippen molar-refractivity contribution < 1.29 is 19.4 Å². The summed E-state index contributed by atoms with van der Waals surface area (Å²) in [4.78, 5) is 27.0. The third-order valence-corrected chi connectivity index (χ3v) is 6.96. The Hall–Kier alpha value is -1.72. The van der Waals surface area contributed by atoms with Gasteiger partial charge >= 0.3 is 5.97 Å². The quantitative estimate of drug-likeness (QED) is 0.781. The fraction of sp³-hybridized carbons (Fsp3) is 0.652. The number of likely N-dealkylation sites (tertiary alicyclic amines) is 1. The van der Waals surface area contributed by atoms with Gasteiger partial charge in [0, 0.05) is 13.0 Å². The Balaban J connectivity index is 1.23. The van der Waals surface area contributed by atoms with Gasteiger partial charge in [-0.15, -0.1) is 0 Å². The van der Waals surface area contributed by atoms with E-state index in [-0.39, 0.29) is 18.0 Å². The molecule has 3 heterocycles. The second-order valence-corrected chi connectivity index (χ2v) is 8.87. The van der Waals surface area contributed by atoms with Gasteiger partial charge in [-0.3, -0.25) is 9.59 Å². The third-order valence-electron chi connectivity index (χ3n) is 6.96. The highest BCUT2D eigenvalue weighted by atomic mass is 16.5. The number of aliphatic carboxylic acids is 1. The molecule has 2 bridgehead atoms. The second-order valence-electron chi connectivity index (χ2n) is 8.87. The van der Waals surface area contributed by atoms with Gasteiger partial charge in [-0.25, -0.2) is 0 Å². The fourth-order valence-electron chi connectivity index (χ4n) is 5.28. The molecule has 4 unspecified atom stereocenters. The number of ether oxygens (including phenoxy) is 1. The molecule has 4 atom stereocenters. The van der Waals surface area contributed by atoms with Gasteiger partial charge in [-0.1, -0.05) is 29.8 Å². The van der Waals surface area contributed by atoms with E-state index >= 15 is 0 Å². The molecule has 1 aromatic carbocycles. The van der Waals surface area contributed by atoms with Crippen molar-refractivity contribution in [1.29, 1.82) is 0 Å². The first-order valence-electron chi connectivity index (χ1n) is 10.7. The van der Waals surface area contributed by atoms with Gasteiger partial charge in [0.1, 0.15) is 5.78 Å². The number of aryl methyl sites for hydroxylation is 1. The van der Waals surface area contributed by atoms with E-state index < -0.39 is 17.8 Å². The highest BCUT2D eigenvalue weighted by Gasteiger charge is 2.55. The van der Waals surface area contributed by atoms with Crippen molar-refractivity contribution in [3.05, 3.63) is 35.4 Å². The van der Waals surface area contributed by atoms with Gasteiger partial charge in [0.25, 0.3) is 0 Å². The third kappa shape index (κ3) is 4.15. The van der Waals surface area contributed by atoms with Crippen molar-refractivity contribution in [2.24, 2.45) is 17.8 Å². The van der Waals surface area contributed by atoms with Gasteiger partial charge in [0.05, 0.1) is 24.0 Å². The van der Waals surface area contributed by atoms with Crippen molar-refractivity contribution in [3.8, 4) is 0 Å². The molecule has 5 nitrogen and oxygen atoms in total. The number of rotatable bonds is 7. The van der Waals surface area contributed by atoms with Crippen molar-refractivity contribution >= 4 is 11.8 Å². The maximum absolute atomic E-state index is 12.9. The number of nitrogens with zero attached hydrogens (tertiary/aromatic N) is 1. The fourth-order valence-corrected chi connectivity index (χ4v) is 5.28. The average Bonchev–Trinajstić information content (AvgIpc) is 3.30. The Morgan fingerprint density at radius 3 is 2.32 bits per heavy atom. The first kappa shape index (κ1) is 19.6. The minimum atomic E-state index is -0.864. The van der Waals surface area contributed by atoms with Crippen LogP contribution in [0.5, 0.6) is 0 Å². The number of carboxylic acids is 1. The van der Waals surface area contributed by atoms with E-state index in [0.29, 0.717) is 12.3 Å². The molecule has 3 aliphatic heterocycles. The molecule has 0 spiro atoms. The van der Waals surface area contributed by atoms with Crippen LogP contribution < -0.4 is 0 Å². The summed E-state index contributed by atoms with van der Waals surface area (Å²) in [5.41, 5.74) is 2.67. The van der Waals surface area contributed by atoms with Gasteiger partial charge in [0.15, 0.2) is 0 Å². The van der Waals surface area contributed by atoms with Crippen LogP contribution in [-0.4, -0.2) is 53.6 Å². The van der Waals surface area contributed by atoms with Crippen LogP contribution in [0.15, 0.2) is 24.3 Å². The zero-order chi connectivity index (χ0) is 19.7. The molecular weight excluding hydrogens is 354 g/mol. The Bertz CT molecular complexity index is 708. The standard InChI is InChI=1S/C23H31NO4/c1-15-2-4-16(5-3-15)8-11-24-12-9-17(10-13-24)14-18(25)21-19-6-7-20(28-19)22(21)23(26)27/h2-5,17,19-22H,6-14H2,1H3,(H,26,27). The Kier molecular flexibility index (Phi) is 5.83. The summed E-state index contributed by atoms with van der Waals surface area (Å²) in [5, 5.41) is 9.52. The van der Waals surface area contributed by atoms with Crippen molar-refractivity contribution in [2.45, 2.75) is 57.7 Å². The van der Waals surface area contributed by atoms with Crippen LogP contribution in [0.25, 0.3) is 0 Å². The maximum Gasteiger partial charge on any atom is 0.309 e. The van der Waals surface area contributed by atoms with Gasteiger partial charge in [-0.2, -0.15) is 0 Å². The van der Waals surface area contributed by atoms with E-state index in [1.54, 1.807) is 0 Å². The molecule has 0 aliphatic carbocycles. The molecule has 152 valence electrons. The van der Waals surface area contributed by atoms with E-state index in [1.807, 2.05) is 0 Å². The summed E-state index contributed by atoms with van der Waals surface area (Å²) in [6.45, 7) is 5.22. The Morgan fingerprint density at radius 1 is 1.04 bits per heavy atom. The number of fused-ring (bicyclic) bond motifs is 2. The average molecular weight is 386 g/mol. The van der Waals surface area contributed by atoms with Crippen LogP contribution in [0.1, 0.15) is 43.2 Å². The molecule has 0 aromatic heterocycles. The number of carboxylic acid groups (broad SMARTS) is 1. The molecule has 1 N–H and O–H groups in total. The lowest BCUT2D eigenvalue weighted by Crippen LogP contribution is -2.40. The van der Waals surface area contributed by atoms with E-state index in [2.05, 4.69) is 36.1 Å². The summed E-state index contributed by atoms with van der Waals surface area (Å²) in [6.07, 6.45) is 4.85. The summed E-state index contributed by atoms with van der Waals surface area (Å²) in [7, 11) is 0. The molecule has 28 heavy (non-hydrogen) atoms. The summed E-state index contributed by atoms with van der Waals surface area (Å²) in [5.74, 6) is -1.40. The Labute approximate surface area is 167 Å². The number of hydrogen-bond donors (Lipinski definition) is 1. The predicted molar refractivity (Wildman–Crippen MR) is 106 cm³/mol. The maximum atomic E-state index is 12.9. The highest BCUT2D eigenvalue weighted by molar-refractivity contribution is 5.88. The van der Waals surface area contributed by atoms with Crippen molar-refractivity contribution in [2.75, 3.05) is 19.6 Å². The highest BCUT2D eigenvalue weighted by Crippen LogP contribution is 2.45. The van der Waals surface area contributed by atoms with Crippen LogP contribution in [-0.2, 0) is 20.7 Å². The van der Waals surface area contributed by atoms with Gasteiger partial charge in [0.2, 0.25) is 0 Å². The normalized spacial score (nSPS) is 30.6. The monoisotopic (exact) mass is 385 g/mol. The molecule has 4 rings (SSSR count). The second kappa shape index (κ2) is 8.34. The molecule has 5 heteroatoms. The van der Waals surface area contributed by atoms with E-state index in [4.69, 9.17) is 4.74 Å².